The standard InChI is InChI=1S/C22H29N3O7/c1-22(2,3)32-21(30)17(27)18-20(29)25(10-11-31-18)15-7-5-6-14(12-15)19(28)24-9-8-23(4)16(26)13-24/h5-7,12,17-18,27H,8-11,13H2,1-4H3. The Kier molecular flexibility index (Phi) is 6.85. The fourth-order valence-electron chi connectivity index (χ4n) is 3.50. The number of anilines is 1. The molecule has 0 spiro atoms. The minimum Gasteiger partial charge on any atom is -0.458 e. The number of likely N-dealkylation sites (N-methyl/N-ethyl adjacent to an activating group) is 1. The van der Waals surface area contributed by atoms with Gasteiger partial charge in [-0.25, -0.2) is 4.79 Å². The van der Waals surface area contributed by atoms with E-state index in [1.807, 2.05) is 0 Å². The number of piperazine rings is 1. The number of morpholine rings is 1. The summed E-state index contributed by atoms with van der Waals surface area (Å²) in [7, 11) is 1.69. The summed E-state index contributed by atoms with van der Waals surface area (Å²) in [6.45, 7) is 6.14. The summed E-state index contributed by atoms with van der Waals surface area (Å²) >= 11 is 0. The van der Waals surface area contributed by atoms with E-state index in [1.165, 1.54) is 9.80 Å². The fraction of sp³-hybridized carbons (Fsp3) is 0.545. The number of carbonyl (C=O) groups is 4. The van der Waals surface area contributed by atoms with Crippen LogP contribution in [0.2, 0.25) is 0 Å². The predicted octanol–water partition coefficient (Wildman–Crippen LogP) is 0.0352. The Labute approximate surface area is 186 Å². The first-order valence-electron chi connectivity index (χ1n) is 10.4. The van der Waals surface area contributed by atoms with Crippen LogP contribution < -0.4 is 4.90 Å². The summed E-state index contributed by atoms with van der Waals surface area (Å²) in [6.07, 6.45) is -3.18. The first kappa shape index (κ1) is 23.7. The van der Waals surface area contributed by atoms with Gasteiger partial charge < -0.3 is 29.3 Å². The van der Waals surface area contributed by atoms with Crippen LogP contribution in [0.15, 0.2) is 24.3 Å². The lowest BCUT2D eigenvalue weighted by atomic mass is 10.1. The first-order valence-corrected chi connectivity index (χ1v) is 10.4. The van der Waals surface area contributed by atoms with Gasteiger partial charge in [-0.3, -0.25) is 14.4 Å². The fourth-order valence-corrected chi connectivity index (χ4v) is 3.50. The van der Waals surface area contributed by atoms with Gasteiger partial charge >= 0.3 is 5.97 Å². The van der Waals surface area contributed by atoms with E-state index in [1.54, 1.807) is 57.0 Å². The zero-order valence-electron chi connectivity index (χ0n) is 18.7. The third-order valence-corrected chi connectivity index (χ3v) is 5.21. The third kappa shape index (κ3) is 5.25. The van der Waals surface area contributed by atoms with Gasteiger partial charge in [0.2, 0.25) is 5.91 Å². The maximum Gasteiger partial charge on any atom is 0.338 e. The largest absolute Gasteiger partial charge is 0.458 e. The number of rotatable bonds is 4. The second-order valence-electron chi connectivity index (χ2n) is 8.85. The van der Waals surface area contributed by atoms with Crippen molar-refractivity contribution in [2.75, 3.05) is 44.7 Å². The molecular weight excluding hydrogens is 418 g/mol. The quantitative estimate of drug-likeness (QED) is 0.648. The molecule has 3 amide bonds. The average molecular weight is 447 g/mol. The number of aliphatic hydroxyl groups excluding tert-OH is 1. The molecule has 1 aromatic carbocycles. The highest BCUT2D eigenvalue weighted by atomic mass is 16.6. The lowest BCUT2D eigenvalue weighted by Gasteiger charge is -2.35. The molecule has 1 N–H and O–H groups in total. The van der Waals surface area contributed by atoms with Gasteiger partial charge in [-0.2, -0.15) is 0 Å². The van der Waals surface area contributed by atoms with Gasteiger partial charge in [-0.15, -0.1) is 0 Å². The molecule has 0 aromatic heterocycles. The zero-order valence-corrected chi connectivity index (χ0v) is 18.7. The summed E-state index contributed by atoms with van der Waals surface area (Å²) < 4.78 is 10.5. The zero-order chi connectivity index (χ0) is 23.6. The molecule has 2 aliphatic heterocycles. The molecule has 2 unspecified atom stereocenters. The molecule has 10 nitrogen and oxygen atoms in total. The van der Waals surface area contributed by atoms with E-state index in [2.05, 4.69) is 0 Å². The van der Waals surface area contributed by atoms with Crippen molar-refractivity contribution in [1.82, 2.24) is 9.80 Å². The SMILES string of the molecule is CN1CCN(C(=O)c2cccc(N3CCOC(C(O)C(=O)OC(C)(C)C)C3=O)c2)CC1=O. The van der Waals surface area contributed by atoms with Crippen LogP contribution in [-0.4, -0.2) is 96.2 Å². The molecule has 0 aliphatic carbocycles. The van der Waals surface area contributed by atoms with Crippen LogP contribution >= 0.6 is 0 Å². The van der Waals surface area contributed by atoms with Crippen molar-refractivity contribution >= 4 is 29.4 Å². The van der Waals surface area contributed by atoms with E-state index in [-0.39, 0.29) is 31.5 Å². The van der Waals surface area contributed by atoms with Crippen LogP contribution in [0.1, 0.15) is 31.1 Å². The minimum absolute atomic E-state index is 0.000199. The molecule has 2 aliphatic rings. The molecule has 2 atom stereocenters. The van der Waals surface area contributed by atoms with Gasteiger partial charge in [0, 0.05) is 37.9 Å². The highest BCUT2D eigenvalue weighted by Crippen LogP contribution is 2.23. The van der Waals surface area contributed by atoms with Gasteiger partial charge in [0.15, 0.2) is 12.2 Å². The van der Waals surface area contributed by atoms with Crippen molar-refractivity contribution in [3.8, 4) is 0 Å². The lowest BCUT2D eigenvalue weighted by Crippen LogP contribution is -2.55. The van der Waals surface area contributed by atoms with Crippen LogP contribution in [-0.2, 0) is 23.9 Å². The van der Waals surface area contributed by atoms with E-state index < -0.39 is 29.7 Å². The molecule has 0 bridgehead atoms. The minimum atomic E-state index is -1.77. The maximum atomic E-state index is 13.0. The van der Waals surface area contributed by atoms with Gasteiger partial charge in [0.1, 0.15) is 12.1 Å². The highest BCUT2D eigenvalue weighted by Gasteiger charge is 2.41. The molecule has 0 radical (unpaired) electrons. The molecule has 2 heterocycles. The number of carbonyl (C=O) groups excluding carboxylic acids is 4. The summed E-state index contributed by atoms with van der Waals surface area (Å²) in [5.41, 5.74) is -0.0520. The van der Waals surface area contributed by atoms with Crippen LogP contribution in [0.4, 0.5) is 5.69 Å². The molecule has 3 rings (SSSR count). The number of amides is 3. The van der Waals surface area contributed by atoms with E-state index in [0.717, 1.165) is 0 Å². The molecule has 0 saturated carbocycles. The summed E-state index contributed by atoms with van der Waals surface area (Å²) in [5, 5.41) is 10.4. The van der Waals surface area contributed by atoms with Gasteiger partial charge in [-0.1, -0.05) is 6.07 Å². The normalized spacial score (nSPS) is 20.9. The maximum absolute atomic E-state index is 13.0. The van der Waals surface area contributed by atoms with E-state index in [4.69, 9.17) is 9.47 Å². The summed E-state index contributed by atoms with van der Waals surface area (Å²) in [6, 6.07) is 6.48. The lowest BCUT2D eigenvalue weighted by molar-refractivity contribution is -0.177. The topological polar surface area (TPSA) is 117 Å². The van der Waals surface area contributed by atoms with Crippen LogP contribution in [0.3, 0.4) is 0 Å². The van der Waals surface area contributed by atoms with Gasteiger partial charge in [-0.05, 0) is 39.0 Å². The summed E-state index contributed by atoms with van der Waals surface area (Å²) in [5.74, 6) is -1.99. The summed E-state index contributed by atoms with van der Waals surface area (Å²) in [4.78, 5) is 54.4. The molecule has 2 fully saturated rings. The Morgan fingerprint density at radius 2 is 1.91 bits per heavy atom. The van der Waals surface area contributed by atoms with Gasteiger partial charge in [0.05, 0.1) is 6.61 Å². The van der Waals surface area contributed by atoms with Crippen LogP contribution in [0, 0.1) is 0 Å². The Balaban J connectivity index is 1.75. The Morgan fingerprint density at radius 3 is 2.56 bits per heavy atom. The number of esters is 1. The molecule has 2 saturated heterocycles. The van der Waals surface area contributed by atoms with Crippen molar-refractivity contribution in [2.45, 2.75) is 38.6 Å². The smallest absolute Gasteiger partial charge is 0.338 e. The van der Waals surface area contributed by atoms with E-state index in [9.17, 15) is 24.3 Å². The molecule has 10 heteroatoms. The number of aliphatic hydroxyl groups is 1. The van der Waals surface area contributed by atoms with E-state index >= 15 is 0 Å². The second-order valence-corrected chi connectivity index (χ2v) is 8.85. The van der Waals surface area contributed by atoms with Crippen molar-refractivity contribution in [3.05, 3.63) is 29.8 Å². The highest BCUT2D eigenvalue weighted by molar-refractivity contribution is 6.02. The Bertz CT molecular complexity index is 911. The van der Waals surface area contributed by atoms with E-state index in [0.29, 0.717) is 24.3 Å². The number of hydrogen-bond donors (Lipinski definition) is 1. The van der Waals surface area contributed by atoms with Crippen LogP contribution in [0.5, 0.6) is 0 Å². The van der Waals surface area contributed by atoms with Crippen molar-refractivity contribution in [1.29, 1.82) is 0 Å². The first-order chi connectivity index (χ1) is 15.0. The Hall–Kier alpha value is -2.98. The number of ether oxygens (including phenoxy) is 2. The average Bonchev–Trinajstić information content (AvgIpc) is 2.73. The molecule has 174 valence electrons. The third-order valence-electron chi connectivity index (χ3n) is 5.21. The molecular formula is C22H29N3O7. The van der Waals surface area contributed by atoms with Crippen LogP contribution in [0.25, 0.3) is 0 Å². The number of hydrogen-bond acceptors (Lipinski definition) is 7. The number of benzene rings is 1. The second kappa shape index (κ2) is 9.25. The van der Waals surface area contributed by atoms with Crippen molar-refractivity contribution in [2.24, 2.45) is 0 Å². The monoisotopic (exact) mass is 447 g/mol. The molecule has 1 aromatic rings. The van der Waals surface area contributed by atoms with Crippen molar-refractivity contribution in [3.63, 3.8) is 0 Å². The predicted molar refractivity (Wildman–Crippen MR) is 114 cm³/mol. The Morgan fingerprint density at radius 1 is 1.19 bits per heavy atom. The van der Waals surface area contributed by atoms with Gasteiger partial charge in [0.25, 0.3) is 11.8 Å². The van der Waals surface area contributed by atoms with Crippen molar-refractivity contribution < 1.29 is 33.8 Å². The molecule has 32 heavy (non-hydrogen) atoms. The number of nitrogens with zero attached hydrogens (tertiary/aromatic N) is 3.